The van der Waals surface area contributed by atoms with Gasteiger partial charge in [0.1, 0.15) is 11.8 Å². The summed E-state index contributed by atoms with van der Waals surface area (Å²) in [6.45, 7) is 0.895. The van der Waals surface area contributed by atoms with Crippen LogP contribution in [0, 0.1) is 0 Å². The van der Waals surface area contributed by atoms with Gasteiger partial charge in [-0.05, 0) is 0 Å². The molecule has 0 N–H and O–H groups in total. The van der Waals surface area contributed by atoms with E-state index in [1.165, 1.54) is 44.2 Å². The van der Waals surface area contributed by atoms with E-state index in [1.54, 1.807) is 4.90 Å². The van der Waals surface area contributed by atoms with Crippen molar-refractivity contribution in [2.45, 2.75) is 18.9 Å². The molecule has 2 aromatic heterocycles. The lowest BCUT2D eigenvalue weighted by Crippen LogP contribution is -2.46. The number of carbonyl (C=O) groups is 1. The normalized spacial score (nSPS) is 14.9. The average molecular weight is 375 g/mol. The predicted octanol–water partition coefficient (Wildman–Crippen LogP) is -0.434. The van der Waals surface area contributed by atoms with Gasteiger partial charge in [-0.25, -0.2) is 4.79 Å². The summed E-state index contributed by atoms with van der Waals surface area (Å²) in [4.78, 5) is 46.3. The zero-order chi connectivity index (χ0) is 19.6. The van der Waals surface area contributed by atoms with E-state index in [0.717, 1.165) is 4.57 Å². The Morgan fingerprint density at radius 2 is 1.74 bits per heavy atom. The number of nitrogens with zero attached hydrogens (tertiary/aromatic N) is 5. The molecule has 0 radical (unpaired) electrons. The number of rotatable bonds is 4. The van der Waals surface area contributed by atoms with E-state index in [2.05, 4.69) is 9.97 Å². The second-order valence-electron chi connectivity index (χ2n) is 6.28. The minimum absolute atomic E-state index is 0.0842. The molecule has 3 rings (SSSR count). The molecule has 10 nitrogen and oxygen atoms in total. The number of hydrogen-bond acceptors (Lipinski definition) is 7. The monoisotopic (exact) mass is 375 g/mol. The topological polar surface area (TPSA) is 109 Å². The second kappa shape index (κ2) is 7.60. The maximum atomic E-state index is 12.7. The average Bonchev–Trinajstić information content (AvgIpc) is 2.70. The maximum Gasteiger partial charge on any atom is 0.331 e. The van der Waals surface area contributed by atoms with E-state index in [9.17, 15) is 14.4 Å². The fraction of sp³-hybridized carbons (Fsp3) is 0.471. The highest BCUT2D eigenvalue weighted by molar-refractivity contribution is 5.92. The summed E-state index contributed by atoms with van der Waals surface area (Å²) in [7, 11) is 4.39. The number of hydrogen-bond donors (Lipinski definition) is 0. The molecule has 1 fully saturated rings. The summed E-state index contributed by atoms with van der Waals surface area (Å²) in [6.07, 6.45) is 4.13. The van der Waals surface area contributed by atoms with Crippen molar-refractivity contribution in [3.05, 3.63) is 45.0 Å². The third-order valence-corrected chi connectivity index (χ3v) is 4.59. The van der Waals surface area contributed by atoms with E-state index in [4.69, 9.17) is 9.47 Å². The van der Waals surface area contributed by atoms with E-state index in [0.29, 0.717) is 31.7 Å². The number of amides is 1. The van der Waals surface area contributed by atoms with E-state index in [-0.39, 0.29) is 23.7 Å². The van der Waals surface area contributed by atoms with Crippen molar-refractivity contribution in [1.82, 2.24) is 24.0 Å². The van der Waals surface area contributed by atoms with Crippen molar-refractivity contribution in [1.29, 1.82) is 0 Å². The van der Waals surface area contributed by atoms with Gasteiger partial charge in [-0.2, -0.15) is 9.97 Å². The molecule has 1 amide bonds. The molecule has 1 aliphatic rings. The van der Waals surface area contributed by atoms with Crippen molar-refractivity contribution < 1.29 is 14.3 Å². The Balaban J connectivity index is 1.64. The molecule has 0 aromatic carbocycles. The predicted molar refractivity (Wildman–Crippen MR) is 95.1 cm³/mol. The van der Waals surface area contributed by atoms with Gasteiger partial charge in [0.25, 0.3) is 11.5 Å². The van der Waals surface area contributed by atoms with Crippen LogP contribution in [-0.4, -0.2) is 56.2 Å². The number of methoxy groups -OCH3 is 1. The van der Waals surface area contributed by atoms with E-state index >= 15 is 0 Å². The molecule has 0 bridgehead atoms. The highest BCUT2D eigenvalue weighted by atomic mass is 16.5. The lowest BCUT2D eigenvalue weighted by atomic mass is 10.1. The second-order valence-corrected chi connectivity index (χ2v) is 6.28. The largest absolute Gasteiger partial charge is 0.494 e. The Hall–Kier alpha value is -3.17. The lowest BCUT2D eigenvalue weighted by molar-refractivity contribution is 0.0567. The van der Waals surface area contributed by atoms with Gasteiger partial charge in [0.2, 0.25) is 0 Å². The molecule has 1 aliphatic heterocycles. The van der Waals surface area contributed by atoms with Crippen LogP contribution in [0.25, 0.3) is 0 Å². The van der Waals surface area contributed by atoms with Crippen molar-refractivity contribution in [3.63, 3.8) is 0 Å². The fourth-order valence-electron chi connectivity index (χ4n) is 2.90. The van der Waals surface area contributed by atoms with Gasteiger partial charge in [0.15, 0.2) is 5.75 Å². The van der Waals surface area contributed by atoms with Gasteiger partial charge in [-0.1, -0.05) is 0 Å². The first kappa shape index (κ1) is 18.6. The smallest absolute Gasteiger partial charge is 0.331 e. The molecule has 0 atom stereocenters. The molecule has 2 aromatic rings. The molecule has 144 valence electrons. The summed E-state index contributed by atoms with van der Waals surface area (Å²) in [5.41, 5.74) is -0.946. The molecule has 10 heteroatoms. The van der Waals surface area contributed by atoms with Crippen LogP contribution in [0.3, 0.4) is 0 Å². The van der Waals surface area contributed by atoms with Crippen LogP contribution < -0.4 is 20.7 Å². The Morgan fingerprint density at radius 3 is 2.33 bits per heavy atom. The van der Waals surface area contributed by atoms with Crippen molar-refractivity contribution in [2.24, 2.45) is 14.1 Å². The molecule has 0 spiro atoms. The molecular weight excluding hydrogens is 354 g/mol. The fourth-order valence-corrected chi connectivity index (χ4v) is 2.90. The zero-order valence-corrected chi connectivity index (χ0v) is 15.4. The Kier molecular flexibility index (Phi) is 5.24. The highest BCUT2D eigenvalue weighted by Gasteiger charge is 2.27. The number of piperidine rings is 1. The molecule has 3 heterocycles. The minimum Gasteiger partial charge on any atom is -0.494 e. The van der Waals surface area contributed by atoms with Crippen molar-refractivity contribution in [2.75, 3.05) is 20.2 Å². The summed E-state index contributed by atoms with van der Waals surface area (Å²) >= 11 is 0. The van der Waals surface area contributed by atoms with Crippen LogP contribution in [-0.2, 0) is 14.1 Å². The third-order valence-electron chi connectivity index (χ3n) is 4.59. The summed E-state index contributed by atoms with van der Waals surface area (Å²) in [5, 5.41) is 0. The van der Waals surface area contributed by atoms with Gasteiger partial charge in [0.05, 0.1) is 19.5 Å². The molecule has 1 saturated heterocycles. The van der Waals surface area contributed by atoms with E-state index in [1.807, 2.05) is 0 Å². The standard InChI is InChI=1S/C17H21N5O5/c1-20-13(8-14(23)21(2)17(20)25)15(24)22-6-4-11(5-7-22)27-16-18-9-12(26-3)10-19-16/h8-11H,4-7H2,1-3H3. The zero-order valence-electron chi connectivity index (χ0n) is 15.4. The summed E-state index contributed by atoms with van der Waals surface area (Å²) < 4.78 is 12.9. The number of likely N-dealkylation sites (tertiary alicyclic amines) is 1. The third kappa shape index (κ3) is 3.83. The maximum absolute atomic E-state index is 12.7. The van der Waals surface area contributed by atoms with E-state index < -0.39 is 11.2 Å². The molecular formula is C17H21N5O5. The van der Waals surface area contributed by atoms with Crippen molar-refractivity contribution >= 4 is 5.91 Å². The minimum atomic E-state index is -0.527. The van der Waals surface area contributed by atoms with Crippen LogP contribution in [0.2, 0.25) is 0 Å². The number of aromatic nitrogens is 4. The Labute approximate surface area is 155 Å². The van der Waals surface area contributed by atoms with Crippen LogP contribution in [0.15, 0.2) is 28.0 Å². The SMILES string of the molecule is COc1cnc(OC2CCN(C(=O)c3cc(=O)n(C)c(=O)n3C)CC2)nc1. The highest BCUT2D eigenvalue weighted by Crippen LogP contribution is 2.18. The Bertz CT molecular complexity index is 942. The number of carbonyl (C=O) groups excluding carboxylic acids is 1. The van der Waals surface area contributed by atoms with Gasteiger partial charge < -0.3 is 14.4 Å². The first-order valence-electron chi connectivity index (χ1n) is 8.49. The van der Waals surface area contributed by atoms with Gasteiger partial charge in [-0.15, -0.1) is 0 Å². The summed E-state index contributed by atoms with van der Waals surface area (Å²) in [6, 6.07) is 1.45. The Morgan fingerprint density at radius 1 is 1.11 bits per heavy atom. The quantitative estimate of drug-likeness (QED) is 0.713. The lowest BCUT2D eigenvalue weighted by Gasteiger charge is -2.31. The van der Waals surface area contributed by atoms with Crippen LogP contribution in [0.5, 0.6) is 11.8 Å². The molecule has 0 unspecified atom stereocenters. The van der Waals surface area contributed by atoms with Crippen LogP contribution in [0.4, 0.5) is 0 Å². The summed E-state index contributed by atoms with van der Waals surface area (Å²) in [5.74, 6) is 0.203. The molecule has 0 saturated carbocycles. The van der Waals surface area contributed by atoms with Gasteiger partial charge in [-0.3, -0.25) is 18.7 Å². The first-order valence-corrected chi connectivity index (χ1v) is 8.49. The van der Waals surface area contributed by atoms with Crippen LogP contribution in [0.1, 0.15) is 23.3 Å². The van der Waals surface area contributed by atoms with Gasteiger partial charge in [0, 0.05) is 46.1 Å². The number of ether oxygens (including phenoxy) is 2. The first-order chi connectivity index (χ1) is 12.9. The van der Waals surface area contributed by atoms with Crippen LogP contribution >= 0.6 is 0 Å². The van der Waals surface area contributed by atoms with Gasteiger partial charge >= 0.3 is 11.7 Å². The van der Waals surface area contributed by atoms with Crippen molar-refractivity contribution in [3.8, 4) is 11.8 Å². The molecule has 27 heavy (non-hydrogen) atoms. The molecule has 0 aliphatic carbocycles.